The molecule has 0 unspecified atom stereocenters. The van der Waals surface area contributed by atoms with E-state index < -0.39 is 10.1 Å². The minimum absolute atomic E-state index is 0. The summed E-state index contributed by atoms with van der Waals surface area (Å²) in [4.78, 5) is -0.333. The van der Waals surface area contributed by atoms with Crippen LogP contribution in [0, 0.1) is 0 Å². The van der Waals surface area contributed by atoms with Crippen molar-refractivity contribution in [1.82, 2.24) is 0 Å². The molecule has 0 saturated carbocycles. The van der Waals surface area contributed by atoms with E-state index in [2.05, 4.69) is 0 Å². The molecule has 0 N–H and O–H groups in total. The Morgan fingerprint density at radius 3 is 2.44 bits per heavy atom. The SMILES string of the molecule is CC=Cc1ccc(OC)c(S(=O)(=O)[O-])c1.[Li+]. The second-order valence-corrected chi connectivity index (χ2v) is 4.21. The maximum atomic E-state index is 10.9. The van der Waals surface area contributed by atoms with Gasteiger partial charge in [0.15, 0.2) is 0 Å². The number of rotatable bonds is 3. The number of hydrogen-bond donors (Lipinski definition) is 0. The van der Waals surface area contributed by atoms with Crippen LogP contribution in [-0.4, -0.2) is 20.1 Å². The molecular formula is C10H11LiO4S. The first-order valence-electron chi connectivity index (χ1n) is 4.25. The summed E-state index contributed by atoms with van der Waals surface area (Å²) >= 11 is 0. The molecule has 82 valence electrons. The van der Waals surface area contributed by atoms with E-state index in [0.717, 1.165) is 0 Å². The van der Waals surface area contributed by atoms with Crippen molar-refractivity contribution < 1.29 is 36.6 Å². The first-order chi connectivity index (χ1) is 6.99. The Hall–Kier alpha value is -0.733. The van der Waals surface area contributed by atoms with Gasteiger partial charge >= 0.3 is 18.9 Å². The van der Waals surface area contributed by atoms with Crippen LogP contribution in [0.1, 0.15) is 12.5 Å². The molecule has 0 aliphatic carbocycles. The monoisotopic (exact) mass is 234 g/mol. The van der Waals surface area contributed by atoms with Gasteiger partial charge in [0.05, 0.1) is 12.0 Å². The molecule has 16 heavy (non-hydrogen) atoms. The summed E-state index contributed by atoms with van der Waals surface area (Å²) in [5.74, 6) is 0.0678. The molecule has 1 aromatic rings. The normalized spacial score (nSPS) is 11.2. The molecule has 0 spiro atoms. The average molecular weight is 234 g/mol. The number of methoxy groups -OCH3 is 1. The smallest absolute Gasteiger partial charge is 0.744 e. The summed E-state index contributed by atoms with van der Waals surface area (Å²) in [5.41, 5.74) is 0.646. The second-order valence-electron chi connectivity index (χ2n) is 2.86. The Kier molecular flexibility index (Phi) is 5.83. The van der Waals surface area contributed by atoms with Gasteiger partial charge in [-0.3, -0.25) is 0 Å². The quantitative estimate of drug-likeness (QED) is 0.478. The summed E-state index contributed by atoms with van der Waals surface area (Å²) in [7, 11) is -3.18. The van der Waals surface area contributed by atoms with Gasteiger partial charge in [0.1, 0.15) is 15.9 Å². The summed E-state index contributed by atoms with van der Waals surface area (Å²) in [6.45, 7) is 1.80. The molecule has 6 heteroatoms. The van der Waals surface area contributed by atoms with Crippen molar-refractivity contribution in [3.05, 3.63) is 29.8 Å². The minimum Gasteiger partial charge on any atom is -0.744 e. The molecule has 0 fully saturated rings. The Labute approximate surface area is 107 Å². The third kappa shape index (κ3) is 3.69. The predicted octanol–water partition coefficient (Wildman–Crippen LogP) is -1.36. The number of allylic oxidation sites excluding steroid dienone is 1. The third-order valence-corrected chi connectivity index (χ3v) is 2.67. The molecule has 0 heterocycles. The van der Waals surface area contributed by atoms with Gasteiger partial charge in [-0.1, -0.05) is 18.2 Å². The number of benzene rings is 1. The van der Waals surface area contributed by atoms with Crippen molar-refractivity contribution in [2.75, 3.05) is 7.11 Å². The summed E-state index contributed by atoms with van der Waals surface area (Å²) in [5, 5.41) is 0. The maximum absolute atomic E-state index is 10.9. The van der Waals surface area contributed by atoms with Crippen molar-refractivity contribution in [3.8, 4) is 5.75 Å². The zero-order valence-electron chi connectivity index (χ0n) is 9.43. The fraction of sp³-hybridized carbons (Fsp3) is 0.200. The van der Waals surface area contributed by atoms with Crippen LogP contribution in [0.25, 0.3) is 6.08 Å². The van der Waals surface area contributed by atoms with E-state index in [9.17, 15) is 13.0 Å². The molecule has 0 aliphatic heterocycles. The maximum Gasteiger partial charge on any atom is 1.00 e. The van der Waals surface area contributed by atoms with Gasteiger partial charge in [-0.15, -0.1) is 0 Å². The zero-order valence-corrected chi connectivity index (χ0v) is 10.2. The number of ether oxygens (including phenoxy) is 1. The largest absolute Gasteiger partial charge is 1.00 e. The summed E-state index contributed by atoms with van der Waals surface area (Å²) in [6.07, 6.45) is 3.46. The van der Waals surface area contributed by atoms with Crippen LogP contribution in [0.15, 0.2) is 29.2 Å². The van der Waals surface area contributed by atoms with E-state index in [1.807, 2.05) is 0 Å². The second kappa shape index (κ2) is 6.11. The molecular weight excluding hydrogens is 223 g/mol. The topological polar surface area (TPSA) is 66.4 Å². The average Bonchev–Trinajstić information content (AvgIpc) is 2.17. The Bertz CT molecular complexity index is 480. The molecule has 0 aliphatic rings. The Balaban J connectivity index is 0.00000225. The van der Waals surface area contributed by atoms with Crippen LogP contribution < -0.4 is 23.6 Å². The van der Waals surface area contributed by atoms with Crippen LogP contribution in [0.4, 0.5) is 0 Å². The number of hydrogen-bond acceptors (Lipinski definition) is 4. The van der Waals surface area contributed by atoms with E-state index in [-0.39, 0.29) is 29.5 Å². The molecule has 0 amide bonds. The van der Waals surface area contributed by atoms with Crippen LogP contribution >= 0.6 is 0 Å². The van der Waals surface area contributed by atoms with E-state index in [0.29, 0.717) is 5.56 Å². The van der Waals surface area contributed by atoms with Gasteiger partial charge in [-0.05, 0) is 24.6 Å². The van der Waals surface area contributed by atoms with E-state index >= 15 is 0 Å². The zero-order chi connectivity index (χ0) is 11.5. The van der Waals surface area contributed by atoms with E-state index in [4.69, 9.17) is 4.74 Å². The van der Waals surface area contributed by atoms with Gasteiger partial charge in [-0.25, -0.2) is 8.42 Å². The Morgan fingerprint density at radius 2 is 2.00 bits per heavy atom. The predicted molar refractivity (Wildman–Crippen MR) is 55.7 cm³/mol. The molecule has 0 radical (unpaired) electrons. The van der Waals surface area contributed by atoms with Crippen LogP contribution in [0.3, 0.4) is 0 Å². The molecule has 1 aromatic carbocycles. The van der Waals surface area contributed by atoms with E-state index in [1.165, 1.54) is 19.2 Å². The molecule has 0 atom stereocenters. The Morgan fingerprint density at radius 1 is 1.38 bits per heavy atom. The van der Waals surface area contributed by atoms with Crippen molar-refractivity contribution in [1.29, 1.82) is 0 Å². The first kappa shape index (κ1) is 15.3. The molecule has 0 bridgehead atoms. The van der Waals surface area contributed by atoms with Gasteiger partial charge in [0.25, 0.3) is 0 Å². The van der Waals surface area contributed by atoms with Crippen molar-refractivity contribution in [2.24, 2.45) is 0 Å². The summed E-state index contributed by atoms with van der Waals surface area (Å²) < 4.78 is 37.5. The van der Waals surface area contributed by atoms with E-state index in [1.54, 1.807) is 25.1 Å². The van der Waals surface area contributed by atoms with Crippen molar-refractivity contribution >= 4 is 16.2 Å². The first-order valence-corrected chi connectivity index (χ1v) is 5.66. The molecule has 1 rings (SSSR count). The van der Waals surface area contributed by atoms with Crippen LogP contribution in [0.2, 0.25) is 0 Å². The van der Waals surface area contributed by atoms with Gasteiger partial charge in [0, 0.05) is 0 Å². The third-order valence-electron chi connectivity index (χ3n) is 1.82. The van der Waals surface area contributed by atoms with Crippen molar-refractivity contribution in [2.45, 2.75) is 11.8 Å². The van der Waals surface area contributed by atoms with Crippen LogP contribution in [-0.2, 0) is 10.1 Å². The molecule has 0 aromatic heterocycles. The summed E-state index contributed by atoms with van der Waals surface area (Å²) in [6, 6.07) is 4.43. The van der Waals surface area contributed by atoms with Crippen molar-refractivity contribution in [3.63, 3.8) is 0 Å². The standard InChI is InChI=1S/C10H12O4S.Li/c1-3-4-8-5-6-9(14-2)10(7-8)15(11,12)13;/h3-7H,1-2H3,(H,11,12,13);/q;+1/p-1. The fourth-order valence-electron chi connectivity index (χ4n) is 1.18. The van der Waals surface area contributed by atoms with Gasteiger partial charge < -0.3 is 9.29 Å². The van der Waals surface area contributed by atoms with Gasteiger partial charge in [0.2, 0.25) is 0 Å². The van der Waals surface area contributed by atoms with Gasteiger partial charge in [-0.2, -0.15) is 0 Å². The van der Waals surface area contributed by atoms with Crippen LogP contribution in [0.5, 0.6) is 5.75 Å². The minimum atomic E-state index is -4.50. The fourth-order valence-corrected chi connectivity index (χ4v) is 1.86. The molecule has 0 saturated heterocycles. The molecule has 4 nitrogen and oxygen atoms in total.